The van der Waals surface area contributed by atoms with E-state index in [2.05, 4.69) is 11.8 Å². The summed E-state index contributed by atoms with van der Waals surface area (Å²) in [5, 5.41) is 25.2. The number of ether oxygens (including phenoxy) is 4. The first kappa shape index (κ1) is 22.8. The molecule has 1 spiro atoms. The molecule has 2 N–H and O–H groups in total. The summed E-state index contributed by atoms with van der Waals surface area (Å²) in [7, 11) is 6.78. The molecule has 7 bridgehead atoms. The summed E-state index contributed by atoms with van der Waals surface area (Å²) in [5.74, 6) is -0.826. The molecule has 5 aliphatic carbocycles. The van der Waals surface area contributed by atoms with Crippen molar-refractivity contribution in [2.45, 2.75) is 68.2 Å². The minimum atomic E-state index is -1.89. The molecule has 1 saturated heterocycles. The number of methoxy groups -OCH3 is 4. The molecule has 6 rings (SSSR count). The number of ketones is 1. The van der Waals surface area contributed by atoms with E-state index >= 15 is 0 Å². The predicted octanol–water partition coefficient (Wildman–Crippen LogP) is 0.479. The average molecular weight is 466 g/mol. The third-order valence-electron chi connectivity index (χ3n) is 11.2. The number of hydrogen-bond donors (Lipinski definition) is 2. The Balaban J connectivity index is 1.67. The molecule has 0 aromatic carbocycles. The van der Waals surface area contributed by atoms with E-state index in [1.54, 1.807) is 28.4 Å². The molecule has 0 amide bonds. The third kappa shape index (κ3) is 2.15. The molecule has 33 heavy (non-hydrogen) atoms. The van der Waals surface area contributed by atoms with Gasteiger partial charge in [-0.3, -0.25) is 9.69 Å². The smallest absolute Gasteiger partial charge is 0.173 e. The van der Waals surface area contributed by atoms with Gasteiger partial charge in [-0.1, -0.05) is 6.92 Å². The van der Waals surface area contributed by atoms with Gasteiger partial charge in [0, 0.05) is 70.0 Å². The van der Waals surface area contributed by atoms with E-state index in [-0.39, 0.29) is 48.3 Å². The zero-order valence-electron chi connectivity index (χ0n) is 20.5. The maximum atomic E-state index is 14.6. The van der Waals surface area contributed by atoms with Crippen LogP contribution in [0.4, 0.5) is 0 Å². The predicted molar refractivity (Wildman–Crippen MR) is 118 cm³/mol. The zero-order chi connectivity index (χ0) is 23.6. The van der Waals surface area contributed by atoms with Crippen LogP contribution in [0.15, 0.2) is 0 Å². The second-order valence-electron chi connectivity index (χ2n) is 11.7. The molecule has 5 saturated carbocycles. The van der Waals surface area contributed by atoms with Gasteiger partial charge in [-0.25, -0.2) is 0 Å². The van der Waals surface area contributed by atoms with Crippen LogP contribution in [0.1, 0.15) is 32.6 Å². The Morgan fingerprint density at radius 2 is 1.88 bits per heavy atom. The summed E-state index contributed by atoms with van der Waals surface area (Å²) >= 11 is 0. The Morgan fingerprint density at radius 3 is 2.48 bits per heavy atom. The Morgan fingerprint density at radius 1 is 1.12 bits per heavy atom. The van der Waals surface area contributed by atoms with Gasteiger partial charge in [0.1, 0.15) is 5.60 Å². The Hall–Kier alpha value is -0.610. The number of likely N-dealkylation sites (tertiary alicyclic amines) is 1. The maximum Gasteiger partial charge on any atom is 0.173 e. The minimum absolute atomic E-state index is 0.00449. The van der Waals surface area contributed by atoms with Gasteiger partial charge in [0.15, 0.2) is 11.4 Å². The molecule has 0 unspecified atom stereocenters. The summed E-state index contributed by atoms with van der Waals surface area (Å²) in [6.45, 7) is 3.93. The molecule has 1 aliphatic heterocycles. The number of rotatable bonds is 6. The summed E-state index contributed by atoms with van der Waals surface area (Å²) in [5.41, 5.74) is -4.48. The molecule has 6 aliphatic rings. The first-order chi connectivity index (χ1) is 15.8. The maximum absolute atomic E-state index is 14.6. The van der Waals surface area contributed by atoms with Crippen molar-refractivity contribution in [3.05, 3.63) is 0 Å². The van der Waals surface area contributed by atoms with Crippen molar-refractivity contribution in [2.24, 2.45) is 34.5 Å². The summed E-state index contributed by atoms with van der Waals surface area (Å²) in [6.07, 6.45) is 1.99. The van der Waals surface area contributed by atoms with Gasteiger partial charge >= 0.3 is 0 Å². The third-order valence-corrected chi connectivity index (χ3v) is 11.2. The molecule has 8 nitrogen and oxygen atoms in total. The summed E-state index contributed by atoms with van der Waals surface area (Å²) in [6, 6.07) is -0.485. The lowest BCUT2D eigenvalue weighted by Crippen LogP contribution is -2.81. The fourth-order valence-corrected chi connectivity index (χ4v) is 10.7. The Kier molecular flexibility index (Phi) is 4.84. The van der Waals surface area contributed by atoms with Crippen LogP contribution in [0.3, 0.4) is 0 Å². The van der Waals surface area contributed by atoms with Crippen LogP contribution in [0, 0.1) is 34.5 Å². The van der Waals surface area contributed by atoms with Gasteiger partial charge in [0.25, 0.3) is 0 Å². The fraction of sp³-hybridized carbons (Fsp3) is 0.960. The number of likely N-dealkylation sites (N-methyl/N-ethyl adjacent to an activating group) is 1. The second kappa shape index (κ2) is 6.99. The monoisotopic (exact) mass is 465 g/mol. The molecule has 0 aromatic rings. The number of aliphatic hydroxyl groups is 2. The van der Waals surface area contributed by atoms with Crippen molar-refractivity contribution in [1.29, 1.82) is 0 Å². The number of nitrogens with zero attached hydrogens (tertiary/aromatic N) is 1. The standard InChI is InChI=1S/C25H39NO7/c1-6-26-11-22(12-30-2)8-7-16(32-4)24-14-9-13-15(31-3)10-23(28,17(14)18(13)33-5)25(29,21(24)26)20(27)19(22)24/h13-19,21,28-29H,6-12H2,1-5H3/t13-,14-,15+,16+,17-,18+,19-,21+,22+,23-,24+,25-/m1/s1. The fourth-order valence-electron chi connectivity index (χ4n) is 10.7. The molecule has 0 aromatic heterocycles. The van der Waals surface area contributed by atoms with Crippen LogP contribution >= 0.6 is 0 Å². The second-order valence-corrected chi connectivity index (χ2v) is 11.7. The number of carbonyl (C=O) groups excluding carboxylic acids is 1. The van der Waals surface area contributed by atoms with Gasteiger partial charge in [0.05, 0.1) is 31.0 Å². The van der Waals surface area contributed by atoms with E-state index in [4.69, 9.17) is 18.9 Å². The van der Waals surface area contributed by atoms with Crippen molar-refractivity contribution in [3.63, 3.8) is 0 Å². The minimum Gasteiger partial charge on any atom is -0.386 e. The SMILES string of the molecule is CCN1C[C@]2(COC)CC[C@H](OC)[C@@]34[C@@H]5C[C@H]6[C@H](OC)[C@@H]5[C@](O)(C[C@@H]6OC)[C@@](O)(C(=O)[C@H]23)[C@@H]14. The van der Waals surface area contributed by atoms with Crippen LogP contribution in [0.25, 0.3) is 0 Å². The lowest BCUT2D eigenvalue weighted by Gasteiger charge is -2.69. The first-order valence-corrected chi connectivity index (χ1v) is 12.6. The topological polar surface area (TPSA) is 97.7 Å². The highest BCUT2D eigenvalue weighted by Crippen LogP contribution is 2.79. The number of hydrogen-bond acceptors (Lipinski definition) is 8. The molecular weight excluding hydrogens is 426 g/mol. The van der Waals surface area contributed by atoms with Gasteiger partial charge < -0.3 is 29.2 Å². The van der Waals surface area contributed by atoms with E-state index in [0.717, 1.165) is 19.3 Å². The van der Waals surface area contributed by atoms with Crippen LogP contribution in [-0.2, 0) is 23.7 Å². The highest BCUT2D eigenvalue weighted by Gasteiger charge is 2.91. The lowest BCUT2D eigenvalue weighted by atomic mass is 9.42. The number of Topliss-reactive ketones (excluding diaryl/α,β-unsaturated/α-hetero) is 1. The Labute approximate surface area is 195 Å². The first-order valence-electron chi connectivity index (χ1n) is 12.6. The van der Waals surface area contributed by atoms with Crippen molar-refractivity contribution < 1.29 is 34.0 Å². The van der Waals surface area contributed by atoms with Crippen molar-refractivity contribution in [3.8, 4) is 0 Å². The van der Waals surface area contributed by atoms with Crippen molar-refractivity contribution >= 4 is 5.78 Å². The van der Waals surface area contributed by atoms with E-state index in [0.29, 0.717) is 19.7 Å². The lowest BCUT2D eigenvalue weighted by molar-refractivity contribution is -0.314. The zero-order valence-corrected chi connectivity index (χ0v) is 20.5. The van der Waals surface area contributed by atoms with Gasteiger partial charge in [-0.2, -0.15) is 0 Å². The molecular formula is C25H39NO7. The molecule has 12 atom stereocenters. The quantitative estimate of drug-likeness (QED) is 0.585. The molecule has 186 valence electrons. The van der Waals surface area contributed by atoms with E-state index in [1.165, 1.54) is 0 Å². The highest BCUT2D eigenvalue weighted by atomic mass is 16.5. The molecule has 8 heteroatoms. The Bertz CT molecular complexity index is 855. The van der Waals surface area contributed by atoms with Crippen molar-refractivity contribution in [2.75, 3.05) is 48.1 Å². The number of piperidine rings is 1. The highest BCUT2D eigenvalue weighted by molar-refractivity contribution is 5.98. The van der Waals surface area contributed by atoms with Gasteiger partial charge in [-0.05, 0) is 31.7 Å². The van der Waals surface area contributed by atoms with Crippen LogP contribution < -0.4 is 0 Å². The number of fused-ring (bicyclic) bond motifs is 2. The molecule has 6 fully saturated rings. The average Bonchev–Trinajstić information content (AvgIpc) is 3.21. The van der Waals surface area contributed by atoms with E-state index < -0.39 is 34.0 Å². The van der Waals surface area contributed by atoms with Crippen LogP contribution in [-0.4, -0.2) is 105 Å². The summed E-state index contributed by atoms with van der Waals surface area (Å²) in [4.78, 5) is 16.9. The normalized spacial score (nSPS) is 58.7. The molecule has 0 radical (unpaired) electrons. The summed E-state index contributed by atoms with van der Waals surface area (Å²) < 4.78 is 23.9. The van der Waals surface area contributed by atoms with Gasteiger partial charge in [0.2, 0.25) is 0 Å². The van der Waals surface area contributed by atoms with Crippen LogP contribution in [0.5, 0.6) is 0 Å². The van der Waals surface area contributed by atoms with E-state index in [9.17, 15) is 15.0 Å². The largest absolute Gasteiger partial charge is 0.386 e. The van der Waals surface area contributed by atoms with Gasteiger partial charge in [-0.15, -0.1) is 0 Å². The molecule has 1 heterocycles. The van der Waals surface area contributed by atoms with E-state index in [1.807, 2.05) is 0 Å². The van der Waals surface area contributed by atoms with Crippen molar-refractivity contribution in [1.82, 2.24) is 4.90 Å². The van der Waals surface area contributed by atoms with Crippen LogP contribution in [0.2, 0.25) is 0 Å². The number of carbonyl (C=O) groups is 1.